The van der Waals surface area contributed by atoms with Crippen molar-refractivity contribution in [1.82, 2.24) is 4.57 Å². The van der Waals surface area contributed by atoms with Gasteiger partial charge in [0.1, 0.15) is 0 Å². The van der Waals surface area contributed by atoms with Crippen molar-refractivity contribution in [2.75, 3.05) is 13.7 Å². The van der Waals surface area contributed by atoms with Gasteiger partial charge in [-0.15, -0.1) is 11.3 Å². The second-order valence-electron chi connectivity index (χ2n) is 8.98. The molecule has 1 amide bonds. The Labute approximate surface area is 153 Å². The van der Waals surface area contributed by atoms with Crippen LogP contribution in [-0.2, 0) is 16.1 Å². The average Bonchev–Trinajstić information content (AvgIpc) is 3.34. The molecule has 0 aliphatic heterocycles. The summed E-state index contributed by atoms with van der Waals surface area (Å²) in [6, 6.07) is 0. The van der Waals surface area contributed by atoms with Crippen molar-refractivity contribution in [3.05, 3.63) is 15.9 Å². The lowest BCUT2D eigenvalue weighted by atomic mass is 9.49. The molecule has 0 unspecified atom stereocenters. The highest BCUT2D eigenvalue weighted by molar-refractivity contribution is 7.07. The minimum atomic E-state index is -0.127. The van der Waals surface area contributed by atoms with Gasteiger partial charge in [-0.3, -0.25) is 4.79 Å². The van der Waals surface area contributed by atoms with Gasteiger partial charge < -0.3 is 9.30 Å². The zero-order chi connectivity index (χ0) is 17.0. The van der Waals surface area contributed by atoms with E-state index in [-0.39, 0.29) is 11.3 Å². The van der Waals surface area contributed by atoms with Gasteiger partial charge in [0.05, 0.1) is 12.0 Å². The zero-order valence-electron chi connectivity index (χ0n) is 15.1. The van der Waals surface area contributed by atoms with Crippen LogP contribution < -0.4 is 4.80 Å². The number of amides is 1. The van der Waals surface area contributed by atoms with Crippen LogP contribution in [-0.4, -0.2) is 24.2 Å². The molecule has 4 nitrogen and oxygen atoms in total. The van der Waals surface area contributed by atoms with Crippen molar-refractivity contribution in [3.63, 3.8) is 0 Å². The van der Waals surface area contributed by atoms with Crippen molar-refractivity contribution in [1.29, 1.82) is 0 Å². The Balaban J connectivity index is 1.46. The van der Waals surface area contributed by atoms with Crippen LogP contribution in [0.25, 0.3) is 0 Å². The number of methoxy groups -OCH3 is 1. The van der Waals surface area contributed by atoms with Gasteiger partial charge in [0.2, 0.25) is 0 Å². The number of thiazole rings is 1. The molecule has 5 fully saturated rings. The van der Waals surface area contributed by atoms with Gasteiger partial charge >= 0.3 is 0 Å². The molecule has 136 valence electrons. The molecule has 1 heterocycles. The lowest BCUT2D eigenvalue weighted by Gasteiger charge is -2.55. The Morgan fingerprint density at radius 3 is 2.44 bits per heavy atom. The monoisotopic (exact) mass is 360 g/mol. The van der Waals surface area contributed by atoms with Crippen LogP contribution in [0.4, 0.5) is 0 Å². The maximum atomic E-state index is 13.3. The molecule has 0 N–H and O–H groups in total. The van der Waals surface area contributed by atoms with E-state index in [2.05, 4.69) is 9.95 Å². The lowest BCUT2D eigenvalue weighted by Crippen LogP contribution is -2.50. The molecule has 4 bridgehead atoms. The van der Waals surface area contributed by atoms with Crippen molar-refractivity contribution < 1.29 is 9.53 Å². The maximum absolute atomic E-state index is 13.3. The van der Waals surface area contributed by atoms with Crippen LogP contribution in [0.3, 0.4) is 0 Å². The van der Waals surface area contributed by atoms with Crippen LogP contribution in [0.5, 0.6) is 0 Å². The van der Waals surface area contributed by atoms with E-state index in [1.54, 1.807) is 18.4 Å². The van der Waals surface area contributed by atoms with Crippen LogP contribution >= 0.6 is 11.3 Å². The van der Waals surface area contributed by atoms with Gasteiger partial charge in [-0.25, -0.2) is 0 Å². The molecule has 0 saturated heterocycles. The average molecular weight is 361 g/mol. The number of carbonyl (C=O) groups excluding carboxylic acids is 1. The third-order valence-electron chi connectivity index (χ3n) is 7.03. The van der Waals surface area contributed by atoms with Crippen LogP contribution in [0, 0.1) is 23.2 Å². The summed E-state index contributed by atoms with van der Waals surface area (Å²) in [5, 5.41) is 2.22. The van der Waals surface area contributed by atoms with E-state index in [1.165, 1.54) is 37.8 Å². The van der Waals surface area contributed by atoms with Gasteiger partial charge in [-0.05, 0) is 69.1 Å². The second kappa shape index (κ2) is 6.05. The summed E-state index contributed by atoms with van der Waals surface area (Å²) < 4.78 is 7.54. The first-order chi connectivity index (χ1) is 12.2. The first-order valence-corrected chi connectivity index (χ1v) is 10.8. The molecule has 0 radical (unpaired) electrons. The summed E-state index contributed by atoms with van der Waals surface area (Å²) in [4.78, 5) is 18.9. The molecule has 5 saturated carbocycles. The Hall–Kier alpha value is -0.940. The smallest absolute Gasteiger partial charge is 0.254 e. The first-order valence-electron chi connectivity index (χ1n) is 9.93. The molecule has 5 heteroatoms. The number of carbonyl (C=O) groups is 1. The van der Waals surface area contributed by atoms with Crippen molar-refractivity contribution in [2.45, 2.75) is 63.8 Å². The molecule has 1 aromatic heterocycles. The zero-order valence-corrected chi connectivity index (χ0v) is 15.9. The fraction of sp³-hybridized carbons (Fsp3) is 0.800. The maximum Gasteiger partial charge on any atom is 0.254 e. The highest BCUT2D eigenvalue weighted by atomic mass is 32.1. The fourth-order valence-corrected chi connectivity index (χ4v) is 7.12. The van der Waals surface area contributed by atoms with Gasteiger partial charge in [0.15, 0.2) is 4.80 Å². The van der Waals surface area contributed by atoms with Crippen LogP contribution in [0.15, 0.2) is 10.4 Å². The summed E-state index contributed by atoms with van der Waals surface area (Å²) in [7, 11) is 1.74. The highest BCUT2D eigenvalue weighted by Gasteiger charge is 2.54. The molecule has 6 rings (SSSR count). The van der Waals surface area contributed by atoms with Crippen LogP contribution in [0.1, 0.15) is 63.0 Å². The summed E-state index contributed by atoms with van der Waals surface area (Å²) in [6.07, 6.45) is 9.93. The predicted molar refractivity (Wildman–Crippen MR) is 97.3 cm³/mol. The van der Waals surface area contributed by atoms with E-state index < -0.39 is 0 Å². The topological polar surface area (TPSA) is 43.6 Å². The Kier molecular flexibility index (Phi) is 3.93. The summed E-state index contributed by atoms with van der Waals surface area (Å²) in [5.74, 6) is 3.22. The molecule has 25 heavy (non-hydrogen) atoms. The van der Waals surface area contributed by atoms with E-state index >= 15 is 0 Å². The van der Waals surface area contributed by atoms with Gasteiger partial charge in [-0.1, -0.05) is 0 Å². The standard InChI is InChI=1S/C20H28N2O2S/c1-24-5-4-22-17(16-2-3-16)12-25-19(22)21-18(23)20-9-13-6-14(10-20)8-15(7-13)11-20/h12-16H,2-11H2,1H3. The minimum Gasteiger partial charge on any atom is -0.383 e. The third kappa shape index (κ3) is 2.84. The number of aromatic nitrogens is 1. The molecule has 5 aliphatic rings. The van der Waals surface area contributed by atoms with Crippen molar-refractivity contribution in [2.24, 2.45) is 28.2 Å². The van der Waals surface area contributed by atoms with Crippen molar-refractivity contribution in [3.8, 4) is 0 Å². The van der Waals surface area contributed by atoms with E-state index in [4.69, 9.17) is 9.73 Å². The molecule has 5 aliphatic carbocycles. The summed E-state index contributed by atoms with van der Waals surface area (Å²) in [6.45, 7) is 1.48. The number of rotatable bonds is 5. The lowest BCUT2D eigenvalue weighted by molar-refractivity contribution is -0.142. The van der Waals surface area contributed by atoms with E-state index in [0.29, 0.717) is 12.5 Å². The first kappa shape index (κ1) is 16.2. The predicted octanol–water partition coefficient (Wildman–Crippen LogP) is 3.72. The van der Waals surface area contributed by atoms with Gasteiger partial charge in [0.25, 0.3) is 5.91 Å². The molecular formula is C20H28N2O2S. The summed E-state index contributed by atoms with van der Waals surface area (Å²) in [5.41, 5.74) is 1.23. The molecule has 1 aromatic rings. The van der Waals surface area contributed by atoms with Crippen LogP contribution in [0.2, 0.25) is 0 Å². The van der Waals surface area contributed by atoms with Gasteiger partial charge in [-0.2, -0.15) is 4.99 Å². The second-order valence-corrected chi connectivity index (χ2v) is 9.81. The van der Waals surface area contributed by atoms with E-state index in [0.717, 1.165) is 48.4 Å². The van der Waals surface area contributed by atoms with E-state index in [1.807, 2.05) is 0 Å². The Morgan fingerprint density at radius 2 is 1.88 bits per heavy atom. The Bertz CT molecular complexity index is 708. The molecule has 0 atom stereocenters. The highest BCUT2D eigenvalue weighted by Crippen LogP contribution is 2.60. The molecule has 0 aromatic carbocycles. The normalized spacial score (nSPS) is 37.0. The quantitative estimate of drug-likeness (QED) is 0.803. The Morgan fingerprint density at radius 1 is 1.24 bits per heavy atom. The van der Waals surface area contributed by atoms with Crippen molar-refractivity contribution >= 4 is 17.2 Å². The number of hydrogen-bond acceptors (Lipinski definition) is 3. The van der Waals surface area contributed by atoms with E-state index in [9.17, 15) is 4.79 Å². The SMILES string of the molecule is COCCn1c(C2CC2)csc1=NC(=O)C12CC3CC(CC(C3)C1)C2. The van der Waals surface area contributed by atoms with Gasteiger partial charge in [0, 0.05) is 30.6 Å². The fourth-order valence-electron chi connectivity index (χ4n) is 6.12. The largest absolute Gasteiger partial charge is 0.383 e. The number of hydrogen-bond donors (Lipinski definition) is 0. The summed E-state index contributed by atoms with van der Waals surface area (Å²) >= 11 is 1.65. The number of nitrogens with zero attached hydrogens (tertiary/aromatic N) is 2. The third-order valence-corrected chi connectivity index (χ3v) is 7.91. The molecular weight excluding hydrogens is 332 g/mol. The molecule has 0 spiro atoms. The number of ether oxygens (including phenoxy) is 1. The minimum absolute atomic E-state index is 0.127.